The van der Waals surface area contributed by atoms with Crippen LogP contribution in [0.4, 0.5) is 17.6 Å². The molecule has 1 heterocycles. The molecule has 0 saturated heterocycles. The fourth-order valence-corrected chi connectivity index (χ4v) is 3.20. The molecular formula is C18H24N6OS. The lowest BCUT2D eigenvalue weighted by Gasteiger charge is -2.12. The number of rotatable bonds is 8. The summed E-state index contributed by atoms with van der Waals surface area (Å²) < 4.78 is 0. The van der Waals surface area contributed by atoms with E-state index in [4.69, 9.17) is 5.73 Å². The Kier molecular flexibility index (Phi) is 5.92. The summed E-state index contributed by atoms with van der Waals surface area (Å²) in [4.78, 5) is 24.8. The number of nitrogens with two attached hydrogens (primary N) is 1. The Balaban J connectivity index is 1.64. The number of nitrogens with one attached hydrogen (secondary N) is 2. The SMILES string of the molecule is CCc1ccccc1Nc1nc(N)nc(CSC(C)C(=O)NC2CC2)n1. The second-order valence-electron chi connectivity index (χ2n) is 6.31. The quantitative estimate of drug-likeness (QED) is 0.654. The minimum atomic E-state index is -0.161. The van der Waals surface area contributed by atoms with Crippen LogP contribution >= 0.6 is 11.8 Å². The molecule has 1 saturated carbocycles. The Morgan fingerprint density at radius 3 is 2.81 bits per heavy atom. The molecular weight excluding hydrogens is 348 g/mol. The molecule has 2 aromatic rings. The molecule has 7 nitrogen and oxygen atoms in total. The van der Waals surface area contributed by atoms with Gasteiger partial charge in [0.1, 0.15) is 5.82 Å². The number of aryl methyl sites for hydroxylation is 1. The summed E-state index contributed by atoms with van der Waals surface area (Å²) in [7, 11) is 0. The van der Waals surface area contributed by atoms with Gasteiger partial charge >= 0.3 is 0 Å². The molecule has 1 unspecified atom stereocenters. The average molecular weight is 372 g/mol. The van der Waals surface area contributed by atoms with E-state index in [1.165, 1.54) is 17.3 Å². The summed E-state index contributed by atoms with van der Waals surface area (Å²) in [6.07, 6.45) is 3.07. The second-order valence-corrected chi connectivity index (χ2v) is 7.63. The number of anilines is 3. The van der Waals surface area contributed by atoms with Gasteiger partial charge in [-0.1, -0.05) is 25.1 Å². The first-order valence-corrected chi connectivity index (χ1v) is 9.87. The average Bonchev–Trinajstić information content (AvgIpc) is 3.43. The smallest absolute Gasteiger partial charge is 0.233 e. The highest BCUT2D eigenvalue weighted by Gasteiger charge is 2.25. The molecule has 4 N–H and O–H groups in total. The molecule has 1 fully saturated rings. The van der Waals surface area contributed by atoms with Gasteiger partial charge < -0.3 is 16.4 Å². The number of amides is 1. The Bertz CT molecular complexity index is 780. The third kappa shape index (κ3) is 5.08. The van der Waals surface area contributed by atoms with Crippen molar-refractivity contribution in [2.24, 2.45) is 0 Å². The number of thioether (sulfide) groups is 1. The lowest BCUT2D eigenvalue weighted by molar-refractivity contribution is -0.120. The molecule has 138 valence electrons. The van der Waals surface area contributed by atoms with Gasteiger partial charge in [0.15, 0.2) is 0 Å². The van der Waals surface area contributed by atoms with Crippen molar-refractivity contribution < 1.29 is 4.79 Å². The second kappa shape index (κ2) is 8.35. The van der Waals surface area contributed by atoms with Gasteiger partial charge in [-0.15, -0.1) is 11.8 Å². The maximum Gasteiger partial charge on any atom is 0.233 e. The molecule has 8 heteroatoms. The van der Waals surface area contributed by atoms with Gasteiger partial charge in [0.05, 0.1) is 11.0 Å². The summed E-state index contributed by atoms with van der Waals surface area (Å²) >= 11 is 1.49. The third-order valence-electron chi connectivity index (χ3n) is 4.10. The van der Waals surface area contributed by atoms with Crippen LogP contribution in [0.2, 0.25) is 0 Å². The van der Waals surface area contributed by atoms with Crippen LogP contribution in [0.15, 0.2) is 24.3 Å². The fraction of sp³-hybridized carbons (Fsp3) is 0.444. The van der Waals surface area contributed by atoms with Crippen LogP contribution in [0.5, 0.6) is 0 Å². The Morgan fingerprint density at radius 2 is 2.08 bits per heavy atom. The van der Waals surface area contributed by atoms with E-state index >= 15 is 0 Å². The van der Waals surface area contributed by atoms with Gasteiger partial charge in [0.2, 0.25) is 17.8 Å². The predicted molar refractivity (Wildman–Crippen MR) is 105 cm³/mol. The lowest BCUT2D eigenvalue weighted by Crippen LogP contribution is -2.32. The fourth-order valence-electron chi connectivity index (χ4n) is 2.45. The van der Waals surface area contributed by atoms with E-state index in [0.717, 1.165) is 24.9 Å². The first-order chi connectivity index (χ1) is 12.5. The van der Waals surface area contributed by atoms with Gasteiger partial charge in [-0.05, 0) is 37.8 Å². The number of nitrogen functional groups attached to an aromatic ring is 1. The summed E-state index contributed by atoms with van der Waals surface area (Å²) in [5, 5.41) is 6.07. The van der Waals surface area contributed by atoms with Gasteiger partial charge in [0.25, 0.3) is 0 Å². The molecule has 0 radical (unpaired) electrons. The molecule has 0 bridgehead atoms. The zero-order chi connectivity index (χ0) is 18.5. The number of hydrogen-bond donors (Lipinski definition) is 3. The number of para-hydroxylation sites is 1. The first-order valence-electron chi connectivity index (χ1n) is 8.82. The summed E-state index contributed by atoms with van der Waals surface area (Å²) in [5.41, 5.74) is 7.96. The van der Waals surface area contributed by atoms with Crippen molar-refractivity contribution >= 4 is 35.3 Å². The maximum atomic E-state index is 12.0. The van der Waals surface area contributed by atoms with Crippen LogP contribution in [0.3, 0.4) is 0 Å². The maximum absolute atomic E-state index is 12.0. The molecule has 1 amide bonds. The van der Waals surface area contributed by atoms with E-state index in [9.17, 15) is 4.79 Å². The molecule has 1 aromatic heterocycles. The van der Waals surface area contributed by atoms with Gasteiger partial charge in [-0.3, -0.25) is 4.79 Å². The molecule has 1 aromatic carbocycles. The molecule has 26 heavy (non-hydrogen) atoms. The molecule has 1 aliphatic rings. The molecule has 0 aliphatic heterocycles. The molecule has 1 atom stereocenters. The van der Waals surface area contributed by atoms with E-state index in [2.05, 4.69) is 38.6 Å². The standard InChI is InChI=1S/C18H24N6OS/c1-3-12-6-4-5-7-14(12)21-18-23-15(22-17(19)24-18)10-26-11(2)16(25)20-13-8-9-13/h4-7,11,13H,3,8-10H2,1-2H3,(H,20,25)(H3,19,21,22,23,24). The number of carbonyl (C=O) groups is 1. The van der Waals surface area contributed by atoms with Crippen LogP contribution in [0.1, 0.15) is 38.1 Å². The topological polar surface area (TPSA) is 106 Å². The predicted octanol–water partition coefficient (Wildman–Crippen LogP) is 2.66. The van der Waals surface area contributed by atoms with Crippen molar-refractivity contribution in [1.82, 2.24) is 20.3 Å². The van der Waals surface area contributed by atoms with Crippen molar-refractivity contribution in [1.29, 1.82) is 0 Å². The number of benzene rings is 1. The summed E-state index contributed by atoms with van der Waals surface area (Å²) in [6.45, 7) is 3.99. The van der Waals surface area contributed by atoms with E-state index in [1.54, 1.807) is 0 Å². The number of hydrogen-bond acceptors (Lipinski definition) is 7. The van der Waals surface area contributed by atoms with Gasteiger partial charge in [-0.25, -0.2) is 0 Å². The largest absolute Gasteiger partial charge is 0.368 e. The van der Waals surface area contributed by atoms with E-state index < -0.39 is 0 Å². The van der Waals surface area contributed by atoms with E-state index in [-0.39, 0.29) is 17.1 Å². The Morgan fingerprint density at radius 1 is 1.31 bits per heavy atom. The van der Waals surface area contributed by atoms with Crippen molar-refractivity contribution in [3.05, 3.63) is 35.7 Å². The third-order valence-corrected chi connectivity index (χ3v) is 5.24. The van der Waals surface area contributed by atoms with Crippen LogP contribution in [0.25, 0.3) is 0 Å². The van der Waals surface area contributed by atoms with Gasteiger partial charge in [0, 0.05) is 11.7 Å². The van der Waals surface area contributed by atoms with Crippen molar-refractivity contribution in [3.8, 4) is 0 Å². The lowest BCUT2D eigenvalue weighted by atomic mass is 10.1. The van der Waals surface area contributed by atoms with Crippen molar-refractivity contribution in [2.75, 3.05) is 11.1 Å². The van der Waals surface area contributed by atoms with E-state index in [0.29, 0.717) is 23.6 Å². The monoisotopic (exact) mass is 372 g/mol. The molecule has 0 spiro atoms. The normalized spacial score (nSPS) is 14.7. The summed E-state index contributed by atoms with van der Waals surface area (Å²) in [5.74, 6) is 1.71. The Hall–Kier alpha value is -2.35. The minimum absolute atomic E-state index is 0.0646. The number of carbonyl (C=O) groups excluding carboxylic acids is 1. The van der Waals surface area contributed by atoms with Crippen LogP contribution in [-0.4, -0.2) is 32.2 Å². The van der Waals surface area contributed by atoms with E-state index in [1.807, 2.05) is 25.1 Å². The Labute approximate surface area is 157 Å². The van der Waals surface area contributed by atoms with Crippen molar-refractivity contribution in [3.63, 3.8) is 0 Å². The zero-order valence-corrected chi connectivity index (χ0v) is 15.8. The van der Waals surface area contributed by atoms with Crippen LogP contribution in [-0.2, 0) is 17.0 Å². The highest BCUT2D eigenvalue weighted by atomic mass is 32.2. The van der Waals surface area contributed by atoms with Crippen molar-refractivity contribution in [2.45, 2.75) is 50.2 Å². The molecule has 3 rings (SSSR count). The highest BCUT2D eigenvalue weighted by Crippen LogP contribution is 2.23. The minimum Gasteiger partial charge on any atom is -0.368 e. The van der Waals surface area contributed by atoms with Crippen LogP contribution < -0.4 is 16.4 Å². The zero-order valence-electron chi connectivity index (χ0n) is 15.0. The van der Waals surface area contributed by atoms with Gasteiger partial charge in [-0.2, -0.15) is 15.0 Å². The first kappa shape index (κ1) is 18.4. The molecule has 1 aliphatic carbocycles. The number of aromatic nitrogens is 3. The highest BCUT2D eigenvalue weighted by molar-refractivity contribution is 7.99. The summed E-state index contributed by atoms with van der Waals surface area (Å²) in [6, 6.07) is 8.37. The van der Waals surface area contributed by atoms with Crippen LogP contribution in [0, 0.1) is 0 Å². The number of nitrogens with zero attached hydrogens (tertiary/aromatic N) is 3.